The molecule has 1 aliphatic heterocycles. The van der Waals surface area contributed by atoms with Crippen molar-refractivity contribution in [2.75, 3.05) is 11.9 Å². The highest BCUT2D eigenvalue weighted by Crippen LogP contribution is 2.34. The number of hydrogen-bond donors (Lipinski definition) is 1. The van der Waals surface area contributed by atoms with Gasteiger partial charge in [-0.25, -0.2) is 13.6 Å². The van der Waals surface area contributed by atoms with Crippen LogP contribution >= 0.6 is 11.3 Å². The minimum absolute atomic E-state index is 0.00626. The lowest BCUT2D eigenvalue weighted by molar-refractivity contribution is 0.190. The van der Waals surface area contributed by atoms with Gasteiger partial charge in [-0.2, -0.15) is 0 Å². The minimum Gasteiger partial charge on any atom is -0.317 e. The van der Waals surface area contributed by atoms with E-state index in [1.165, 1.54) is 10.9 Å². The number of aryl methyl sites for hydroxylation is 1. The Morgan fingerprint density at radius 1 is 1.21 bits per heavy atom. The quantitative estimate of drug-likeness (QED) is 0.764. The van der Waals surface area contributed by atoms with E-state index in [1.54, 1.807) is 16.2 Å². The molecule has 3 nitrogen and oxygen atoms in total. The SMILES string of the molecule is Cc1ccc(C2CCCCCN2C(=O)Nc2ccc(F)cc2F)s1. The van der Waals surface area contributed by atoms with E-state index in [9.17, 15) is 13.6 Å². The Hall–Kier alpha value is -1.95. The molecule has 1 aromatic heterocycles. The van der Waals surface area contributed by atoms with Crippen LogP contribution in [0.25, 0.3) is 0 Å². The molecule has 1 aromatic carbocycles. The first-order chi connectivity index (χ1) is 11.5. The number of nitrogens with zero attached hydrogens (tertiary/aromatic N) is 1. The van der Waals surface area contributed by atoms with E-state index in [0.717, 1.165) is 42.7 Å². The number of benzene rings is 1. The van der Waals surface area contributed by atoms with Gasteiger partial charge in [0.1, 0.15) is 11.6 Å². The minimum atomic E-state index is -0.762. The van der Waals surface area contributed by atoms with E-state index in [2.05, 4.69) is 17.4 Å². The second kappa shape index (κ2) is 7.30. The number of carbonyl (C=O) groups excluding carboxylic acids is 1. The van der Waals surface area contributed by atoms with Gasteiger partial charge in [-0.15, -0.1) is 11.3 Å². The van der Waals surface area contributed by atoms with Crippen molar-refractivity contribution in [2.24, 2.45) is 0 Å². The number of anilines is 1. The third-order valence-corrected chi connectivity index (χ3v) is 5.38. The lowest BCUT2D eigenvalue weighted by atomic mass is 10.1. The third kappa shape index (κ3) is 3.75. The summed E-state index contributed by atoms with van der Waals surface area (Å²) in [6.07, 6.45) is 3.98. The van der Waals surface area contributed by atoms with E-state index >= 15 is 0 Å². The van der Waals surface area contributed by atoms with Gasteiger partial charge in [0.15, 0.2) is 0 Å². The van der Waals surface area contributed by atoms with E-state index in [1.807, 2.05) is 6.92 Å². The van der Waals surface area contributed by atoms with Crippen LogP contribution in [0.5, 0.6) is 0 Å². The number of urea groups is 1. The first-order valence-corrected chi connectivity index (χ1v) is 8.95. The van der Waals surface area contributed by atoms with Crippen molar-refractivity contribution >= 4 is 23.1 Å². The molecule has 2 heterocycles. The molecule has 3 rings (SSSR count). The number of likely N-dealkylation sites (tertiary alicyclic amines) is 1. The molecule has 128 valence electrons. The molecule has 1 N–H and O–H groups in total. The highest BCUT2D eigenvalue weighted by Gasteiger charge is 2.28. The molecule has 2 aromatic rings. The van der Waals surface area contributed by atoms with Crippen LogP contribution in [0, 0.1) is 18.6 Å². The molecule has 1 atom stereocenters. The summed E-state index contributed by atoms with van der Waals surface area (Å²) >= 11 is 1.69. The maximum absolute atomic E-state index is 13.8. The molecule has 1 fully saturated rings. The van der Waals surface area contributed by atoms with Crippen LogP contribution in [0.4, 0.5) is 19.3 Å². The average Bonchev–Trinajstić information content (AvgIpc) is 2.83. The topological polar surface area (TPSA) is 32.3 Å². The number of halogens is 2. The summed E-state index contributed by atoms with van der Waals surface area (Å²) in [6, 6.07) is 6.97. The molecular weight excluding hydrogens is 330 g/mol. The number of carbonyl (C=O) groups is 1. The van der Waals surface area contributed by atoms with Gasteiger partial charge in [0, 0.05) is 22.4 Å². The molecule has 0 saturated carbocycles. The van der Waals surface area contributed by atoms with Crippen LogP contribution in [-0.2, 0) is 0 Å². The maximum Gasteiger partial charge on any atom is 0.322 e. The largest absolute Gasteiger partial charge is 0.322 e. The number of hydrogen-bond acceptors (Lipinski definition) is 2. The Kier molecular flexibility index (Phi) is 5.14. The summed E-state index contributed by atoms with van der Waals surface area (Å²) in [4.78, 5) is 16.9. The van der Waals surface area contributed by atoms with Crippen molar-refractivity contribution < 1.29 is 13.6 Å². The standard InChI is InChI=1S/C18H20F2N2OS/c1-12-6-9-17(24-12)16-5-3-2-4-10-22(16)18(23)21-15-8-7-13(19)11-14(15)20/h6-9,11,16H,2-5,10H2,1H3,(H,21,23). The lowest BCUT2D eigenvalue weighted by Crippen LogP contribution is -2.38. The third-order valence-electron chi connectivity index (χ3n) is 4.28. The fraction of sp³-hybridized carbons (Fsp3) is 0.389. The van der Waals surface area contributed by atoms with Gasteiger partial charge < -0.3 is 10.2 Å². The number of amides is 2. The van der Waals surface area contributed by atoms with Gasteiger partial charge in [0.05, 0.1) is 11.7 Å². The van der Waals surface area contributed by atoms with Gasteiger partial charge in [0.25, 0.3) is 0 Å². The molecular formula is C18H20F2N2OS. The van der Waals surface area contributed by atoms with Crippen LogP contribution in [-0.4, -0.2) is 17.5 Å². The zero-order chi connectivity index (χ0) is 17.1. The zero-order valence-corrected chi connectivity index (χ0v) is 14.3. The molecule has 0 spiro atoms. The molecule has 2 amide bonds. The van der Waals surface area contributed by atoms with Crippen molar-refractivity contribution in [3.63, 3.8) is 0 Å². The van der Waals surface area contributed by atoms with Gasteiger partial charge >= 0.3 is 6.03 Å². The van der Waals surface area contributed by atoms with Gasteiger partial charge in [0.2, 0.25) is 0 Å². The summed E-state index contributed by atoms with van der Waals surface area (Å²) in [5.41, 5.74) is 0.00626. The summed E-state index contributed by atoms with van der Waals surface area (Å²) in [6.45, 7) is 2.68. The van der Waals surface area contributed by atoms with E-state index in [0.29, 0.717) is 6.54 Å². The predicted molar refractivity (Wildman–Crippen MR) is 92.3 cm³/mol. The Labute approximate surface area is 144 Å². The highest BCUT2D eigenvalue weighted by molar-refractivity contribution is 7.12. The van der Waals surface area contributed by atoms with Crippen molar-refractivity contribution in [1.29, 1.82) is 0 Å². The summed E-state index contributed by atoms with van der Waals surface area (Å²) in [5, 5.41) is 2.59. The summed E-state index contributed by atoms with van der Waals surface area (Å²) in [7, 11) is 0. The maximum atomic E-state index is 13.8. The van der Waals surface area contributed by atoms with Crippen LogP contribution in [0.15, 0.2) is 30.3 Å². The second-order valence-electron chi connectivity index (χ2n) is 6.06. The molecule has 24 heavy (non-hydrogen) atoms. The van der Waals surface area contributed by atoms with Crippen molar-refractivity contribution in [3.8, 4) is 0 Å². The Bertz CT molecular complexity index is 732. The molecule has 0 bridgehead atoms. The average molecular weight is 350 g/mol. The van der Waals surface area contributed by atoms with Crippen molar-refractivity contribution in [1.82, 2.24) is 4.90 Å². The molecule has 1 aliphatic rings. The first-order valence-electron chi connectivity index (χ1n) is 8.13. The molecule has 0 radical (unpaired) electrons. The Balaban J connectivity index is 1.81. The van der Waals surface area contributed by atoms with Gasteiger partial charge in [-0.05, 0) is 44.0 Å². The van der Waals surface area contributed by atoms with Crippen LogP contribution in [0.1, 0.15) is 41.5 Å². The van der Waals surface area contributed by atoms with Gasteiger partial charge in [-0.1, -0.05) is 12.8 Å². The zero-order valence-electron chi connectivity index (χ0n) is 13.5. The number of rotatable bonds is 2. The fourth-order valence-electron chi connectivity index (χ4n) is 3.06. The highest BCUT2D eigenvalue weighted by atomic mass is 32.1. The van der Waals surface area contributed by atoms with Crippen molar-refractivity contribution in [3.05, 3.63) is 51.7 Å². The number of thiophene rings is 1. The monoisotopic (exact) mass is 350 g/mol. The molecule has 1 saturated heterocycles. The lowest BCUT2D eigenvalue weighted by Gasteiger charge is -2.29. The van der Waals surface area contributed by atoms with Gasteiger partial charge in [-0.3, -0.25) is 0 Å². The van der Waals surface area contributed by atoms with Crippen LogP contribution in [0.3, 0.4) is 0 Å². The van der Waals surface area contributed by atoms with Crippen LogP contribution < -0.4 is 5.32 Å². The molecule has 1 unspecified atom stereocenters. The summed E-state index contributed by atoms with van der Waals surface area (Å²) < 4.78 is 26.8. The first kappa shape index (κ1) is 16.9. The van der Waals surface area contributed by atoms with Crippen LogP contribution in [0.2, 0.25) is 0 Å². The van der Waals surface area contributed by atoms with Crippen molar-refractivity contribution in [2.45, 2.75) is 38.6 Å². The normalized spacial score (nSPS) is 18.3. The fourth-order valence-corrected chi connectivity index (χ4v) is 4.08. The van der Waals surface area contributed by atoms with E-state index < -0.39 is 11.6 Å². The summed E-state index contributed by atoms with van der Waals surface area (Å²) in [5.74, 6) is -1.42. The Morgan fingerprint density at radius 2 is 2.04 bits per heavy atom. The Morgan fingerprint density at radius 3 is 2.75 bits per heavy atom. The molecule has 0 aliphatic carbocycles. The van der Waals surface area contributed by atoms with E-state index in [-0.39, 0.29) is 17.8 Å². The van der Waals surface area contributed by atoms with E-state index in [4.69, 9.17) is 0 Å². The molecule has 6 heteroatoms. The second-order valence-corrected chi connectivity index (χ2v) is 7.38. The predicted octanol–water partition coefficient (Wildman–Crippen LogP) is 5.48. The smallest absolute Gasteiger partial charge is 0.317 e. The number of nitrogens with one attached hydrogen (secondary N) is 1.